The molecule has 0 amide bonds. The van der Waals surface area contributed by atoms with E-state index in [0.29, 0.717) is 12.2 Å². The normalized spacial score (nSPS) is 10.7. The van der Waals surface area contributed by atoms with Crippen molar-refractivity contribution in [3.8, 4) is 0 Å². The van der Waals surface area contributed by atoms with E-state index in [-0.39, 0.29) is 11.8 Å². The highest BCUT2D eigenvalue weighted by Crippen LogP contribution is 2.09. The Hall–Kier alpha value is -1.64. The first kappa shape index (κ1) is 13.4. The van der Waals surface area contributed by atoms with Crippen LogP contribution in [0, 0.1) is 5.82 Å². The molecule has 0 bridgehead atoms. The molecule has 0 unspecified atom stereocenters. The maximum absolute atomic E-state index is 13.2. The molecule has 0 heterocycles. The largest absolute Gasteiger partial charge is 0.466 e. The summed E-state index contributed by atoms with van der Waals surface area (Å²) in [7, 11) is 0. The van der Waals surface area contributed by atoms with Crippen molar-refractivity contribution in [3.05, 3.63) is 41.7 Å². The Labute approximate surface area is 101 Å². The average Bonchev–Trinajstić information content (AvgIpc) is 2.30. The summed E-state index contributed by atoms with van der Waals surface area (Å²) in [6.45, 7) is 1.86. The number of carbonyl (C=O) groups excluding carboxylic acids is 1. The van der Waals surface area contributed by atoms with Crippen molar-refractivity contribution in [2.24, 2.45) is 0 Å². The second-order valence-corrected chi connectivity index (χ2v) is 3.76. The molecule has 1 aromatic rings. The molecule has 0 saturated heterocycles. The SMILES string of the molecule is CC(=O)OCCCCC=Cc1ccccc1F. The van der Waals surface area contributed by atoms with Crippen LogP contribution >= 0.6 is 0 Å². The molecule has 0 aliphatic carbocycles. The number of benzene rings is 1. The van der Waals surface area contributed by atoms with Crippen molar-refractivity contribution in [1.29, 1.82) is 0 Å². The zero-order chi connectivity index (χ0) is 12.5. The van der Waals surface area contributed by atoms with Gasteiger partial charge in [0.1, 0.15) is 5.82 Å². The molecule has 17 heavy (non-hydrogen) atoms. The number of halogens is 1. The van der Waals surface area contributed by atoms with E-state index >= 15 is 0 Å². The van der Waals surface area contributed by atoms with Crippen LogP contribution in [0.25, 0.3) is 6.08 Å². The molecule has 0 spiro atoms. The van der Waals surface area contributed by atoms with Gasteiger partial charge >= 0.3 is 5.97 Å². The van der Waals surface area contributed by atoms with Crippen molar-refractivity contribution in [3.63, 3.8) is 0 Å². The topological polar surface area (TPSA) is 26.3 Å². The van der Waals surface area contributed by atoms with Gasteiger partial charge in [0.15, 0.2) is 0 Å². The lowest BCUT2D eigenvalue weighted by atomic mass is 10.1. The molecular weight excluding hydrogens is 219 g/mol. The second-order valence-electron chi connectivity index (χ2n) is 3.76. The summed E-state index contributed by atoms with van der Waals surface area (Å²) in [5, 5.41) is 0. The molecule has 2 nitrogen and oxygen atoms in total. The van der Waals surface area contributed by atoms with Crippen molar-refractivity contribution < 1.29 is 13.9 Å². The predicted molar refractivity (Wildman–Crippen MR) is 65.9 cm³/mol. The summed E-state index contributed by atoms with van der Waals surface area (Å²) < 4.78 is 18.0. The maximum Gasteiger partial charge on any atom is 0.302 e. The van der Waals surface area contributed by atoms with Gasteiger partial charge in [0.05, 0.1) is 6.61 Å². The van der Waals surface area contributed by atoms with Gasteiger partial charge in [-0.25, -0.2) is 4.39 Å². The molecular formula is C14H17FO2. The van der Waals surface area contributed by atoms with Crippen molar-refractivity contribution >= 4 is 12.0 Å². The Bertz CT molecular complexity index is 386. The zero-order valence-electron chi connectivity index (χ0n) is 9.99. The number of esters is 1. The van der Waals surface area contributed by atoms with Gasteiger partial charge in [-0.05, 0) is 25.3 Å². The first-order chi connectivity index (χ1) is 8.20. The minimum atomic E-state index is -0.244. The number of rotatable bonds is 6. The lowest BCUT2D eigenvalue weighted by Crippen LogP contribution is -1.99. The molecule has 0 aromatic heterocycles. The minimum Gasteiger partial charge on any atom is -0.466 e. The van der Waals surface area contributed by atoms with E-state index in [1.807, 2.05) is 12.1 Å². The van der Waals surface area contributed by atoms with E-state index in [0.717, 1.165) is 19.3 Å². The van der Waals surface area contributed by atoms with Crippen LogP contribution in [-0.2, 0) is 9.53 Å². The van der Waals surface area contributed by atoms with Crippen LogP contribution in [0.4, 0.5) is 4.39 Å². The average molecular weight is 236 g/mol. The number of ether oxygens (including phenoxy) is 1. The van der Waals surface area contributed by atoms with Crippen LogP contribution in [0.5, 0.6) is 0 Å². The molecule has 0 saturated carbocycles. The molecule has 3 heteroatoms. The Kier molecular flexibility index (Phi) is 6.00. The molecule has 92 valence electrons. The summed E-state index contributed by atoms with van der Waals surface area (Å²) in [6.07, 6.45) is 6.34. The number of unbranched alkanes of at least 4 members (excludes halogenated alkanes) is 2. The first-order valence-corrected chi connectivity index (χ1v) is 5.74. The van der Waals surface area contributed by atoms with E-state index in [1.165, 1.54) is 13.0 Å². The van der Waals surface area contributed by atoms with Crippen LogP contribution in [0.3, 0.4) is 0 Å². The lowest BCUT2D eigenvalue weighted by Gasteiger charge is -1.99. The molecule has 0 atom stereocenters. The minimum absolute atomic E-state index is 0.205. The molecule has 1 aromatic carbocycles. The van der Waals surface area contributed by atoms with Gasteiger partial charge in [-0.3, -0.25) is 4.79 Å². The second kappa shape index (κ2) is 7.60. The number of carbonyl (C=O) groups is 1. The molecule has 0 aliphatic rings. The molecule has 0 radical (unpaired) electrons. The number of allylic oxidation sites excluding steroid dienone is 1. The molecule has 1 rings (SSSR count). The van der Waals surface area contributed by atoms with Crippen LogP contribution in [-0.4, -0.2) is 12.6 Å². The van der Waals surface area contributed by atoms with E-state index in [9.17, 15) is 9.18 Å². The standard InChI is InChI=1S/C14H17FO2/c1-12(16)17-11-7-3-2-4-8-13-9-5-6-10-14(13)15/h4-6,8-10H,2-3,7,11H2,1H3. The van der Waals surface area contributed by atoms with E-state index in [4.69, 9.17) is 4.74 Å². The number of hydrogen-bond acceptors (Lipinski definition) is 2. The highest BCUT2D eigenvalue weighted by atomic mass is 19.1. The third kappa shape index (κ3) is 5.85. The van der Waals surface area contributed by atoms with Crippen LogP contribution in [0.2, 0.25) is 0 Å². The van der Waals surface area contributed by atoms with Crippen molar-refractivity contribution in [2.75, 3.05) is 6.61 Å². The zero-order valence-corrected chi connectivity index (χ0v) is 9.99. The Balaban J connectivity index is 2.18. The Morgan fingerprint density at radius 2 is 2.12 bits per heavy atom. The highest BCUT2D eigenvalue weighted by molar-refractivity contribution is 5.65. The van der Waals surface area contributed by atoms with E-state index < -0.39 is 0 Å². The van der Waals surface area contributed by atoms with Crippen LogP contribution < -0.4 is 0 Å². The van der Waals surface area contributed by atoms with Gasteiger partial charge in [-0.2, -0.15) is 0 Å². The maximum atomic E-state index is 13.2. The summed E-state index contributed by atoms with van der Waals surface area (Å²) in [6, 6.07) is 6.67. The Morgan fingerprint density at radius 1 is 1.35 bits per heavy atom. The summed E-state index contributed by atoms with van der Waals surface area (Å²) in [5.74, 6) is -0.449. The fraction of sp³-hybridized carbons (Fsp3) is 0.357. The molecule has 0 N–H and O–H groups in total. The van der Waals surface area contributed by atoms with Gasteiger partial charge in [-0.15, -0.1) is 0 Å². The first-order valence-electron chi connectivity index (χ1n) is 5.74. The van der Waals surface area contributed by atoms with Gasteiger partial charge < -0.3 is 4.74 Å². The fourth-order valence-electron chi connectivity index (χ4n) is 1.40. The summed E-state index contributed by atoms with van der Waals surface area (Å²) in [4.78, 5) is 10.5. The van der Waals surface area contributed by atoms with Crippen LogP contribution in [0.1, 0.15) is 31.7 Å². The summed E-state index contributed by atoms with van der Waals surface area (Å²) >= 11 is 0. The van der Waals surface area contributed by atoms with Crippen molar-refractivity contribution in [1.82, 2.24) is 0 Å². The highest BCUT2D eigenvalue weighted by Gasteiger charge is 1.95. The third-order valence-corrected chi connectivity index (χ3v) is 2.27. The Morgan fingerprint density at radius 3 is 2.82 bits per heavy atom. The third-order valence-electron chi connectivity index (χ3n) is 2.27. The predicted octanol–water partition coefficient (Wildman–Crippen LogP) is 3.57. The summed E-state index contributed by atoms with van der Waals surface area (Å²) in [5.41, 5.74) is 0.604. The van der Waals surface area contributed by atoms with Gasteiger partial charge in [0.2, 0.25) is 0 Å². The van der Waals surface area contributed by atoms with E-state index in [2.05, 4.69) is 0 Å². The van der Waals surface area contributed by atoms with Gasteiger partial charge in [0.25, 0.3) is 0 Å². The lowest BCUT2D eigenvalue weighted by molar-refractivity contribution is -0.141. The fourth-order valence-corrected chi connectivity index (χ4v) is 1.40. The monoisotopic (exact) mass is 236 g/mol. The molecule has 0 aliphatic heterocycles. The van der Waals surface area contributed by atoms with Gasteiger partial charge in [0, 0.05) is 12.5 Å². The van der Waals surface area contributed by atoms with Crippen molar-refractivity contribution in [2.45, 2.75) is 26.2 Å². The smallest absolute Gasteiger partial charge is 0.302 e. The van der Waals surface area contributed by atoms with E-state index in [1.54, 1.807) is 18.2 Å². The quantitative estimate of drug-likeness (QED) is 0.557. The number of hydrogen-bond donors (Lipinski definition) is 0. The van der Waals surface area contributed by atoms with Crippen LogP contribution in [0.15, 0.2) is 30.3 Å². The molecule has 0 fully saturated rings. The van der Waals surface area contributed by atoms with Gasteiger partial charge in [-0.1, -0.05) is 30.4 Å².